The number of Topliss-reactive ketones (excluding diaryl/α,β-unsaturated/α-hetero) is 1. The highest BCUT2D eigenvalue weighted by atomic mass is 16.6. The van der Waals surface area contributed by atoms with E-state index in [-0.39, 0.29) is 48.8 Å². The third-order valence-electron chi connectivity index (χ3n) is 9.06. The van der Waals surface area contributed by atoms with Gasteiger partial charge in [-0.2, -0.15) is 0 Å². The number of carbonyl (C=O) groups is 6. The molecular formula is C38H50N2O10. The van der Waals surface area contributed by atoms with E-state index in [9.17, 15) is 33.9 Å². The fraction of sp³-hybridized carbons (Fsp3) is 0.526. The Labute approximate surface area is 293 Å². The maximum atomic E-state index is 13.3. The van der Waals surface area contributed by atoms with Crippen molar-refractivity contribution < 1.29 is 48.1 Å². The maximum Gasteiger partial charge on any atom is 0.328 e. The summed E-state index contributed by atoms with van der Waals surface area (Å²) in [5.74, 6) is -4.83. The lowest BCUT2D eigenvalue weighted by atomic mass is 9.88. The van der Waals surface area contributed by atoms with Crippen LogP contribution in [0.2, 0.25) is 0 Å². The molecule has 1 heterocycles. The lowest BCUT2D eigenvalue weighted by Crippen LogP contribution is -2.45. The number of ether oxygens (including phenoxy) is 3. The van der Waals surface area contributed by atoms with E-state index in [4.69, 9.17) is 14.2 Å². The van der Waals surface area contributed by atoms with Crippen molar-refractivity contribution in [1.82, 2.24) is 10.6 Å². The van der Waals surface area contributed by atoms with Gasteiger partial charge in [0.05, 0.1) is 18.2 Å². The van der Waals surface area contributed by atoms with Crippen LogP contribution in [-0.4, -0.2) is 71.9 Å². The molecule has 12 heteroatoms. The first-order valence-electron chi connectivity index (χ1n) is 17.2. The zero-order chi connectivity index (χ0) is 36.8. The Morgan fingerprint density at radius 3 is 2.40 bits per heavy atom. The first kappa shape index (κ1) is 39.9. The molecule has 2 bridgehead atoms. The summed E-state index contributed by atoms with van der Waals surface area (Å²) in [6.45, 7) is 6.38. The summed E-state index contributed by atoms with van der Waals surface area (Å²) in [4.78, 5) is 76.4. The molecule has 1 fully saturated rings. The van der Waals surface area contributed by atoms with E-state index in [2.05, 4.69) is 10.6 Å². The van der Waals surface area contributed by atoms with Gasteiger partial charge >= 0.3 is 11.9 Å². The van der Waals surface area contributed by atoms with Gasteiger partial charge in [0.15, 0.2) is 0 Å². The highest BCUT2D eigenvalue weighted by Crippen LogP contribution is 2.28. The van der Waals surface area contributed by atoms with E-state index in [1.54, 1.807) is 57.2 Å². The van der Waals surface area contributed by atoms with Crippen LogP contribution in [0.1, 0.15) is 85.5 Å². The Hall–Kier alpha value is -4.58. The van der Waals surface area contributed by atoms with Gasteiger partial charge in [-0.15, -0.1) is 0 Å². The summed E-state index contributed by atoms with van der Waals surface area (Å²) in [5.41, 5.74) is 0.260. The van der Waals surface area contributed by atoms with Gasteiger partial charge in [0.2, 0.25) is 23.4 Å². The van der Waals surface area contributed by atoms with Crippen molar-refractivity contribution in [3.63, 3.8) is 0 Å². The molecule has 2 aliphatic carbocycles. The molecule has 0 radical (unpaired) electrons. The minimum absolute atomic E-state index is 0.0450. The standard InChI is InChI=1S/C38H50N2O10/c1-23-15-14-19-29-34(44)30(22-31(42)35(29)45)40-33(43)21-28(48-5)18-12-7-6-8-13-20-32(24(2)36(23)49-26(4)41)50-38(47)25(3)39-37(46)27-16-10-9-11-17-27/h6-8,12-13,15,18,22,24-25,27-28,32,36,44H,9-11,14,16-17,19-21H2,1-5H3,(H,39,46)(H,40,43)/b7-6+,13-8+,18-12+,23-15-. The van der Waals surface area contributed by atoms with Crippen LogP contribution < -0.4 is 10.6 Å². The van der Waals surface area contributed by atoms with Gasteiger partial charge in [-0.25, -0.2) is 4.79 Å². The van der Waals surface area contributed by atoms with E-state index < -0.39 is 65.4 Å². The second kappa shape index (κ2) is 19.6. The number of esters is 2. The fourth-order valence-corrected chi connectivity index (χ4v) is 6.16. The predicted molar refractivity (Wildman–Crippen MR) is 185 cm³/mol. The molecule has 2 amide bonds. The molecule has 3 N–H and O–H groups in total. The molecule has 0 spiro atoms. The molecule has 12 nitrogen and oxygen atoms in total. The SMILES string of the molecule is COC1/C=C/C=C/C=C/CC(OC(=O)C(C)NC(=O)C2CCCCC2)C(C)C(OC(C)=O)/C(C)=C\CCC2=C(O)C(=CC(=O)C2=O)NC(=O)C1. The van der Waals surface area contributed by atoms with Crippen LogP contribution in [0, 0.1) is 11.8 Å². The Bertz CT molecular complexity index is 1480. The zero-order valence-electron chi connectivity index (χ0n) is 29.6. The van der Waals surface area contributed by atoms with Gasteiger partial charge in [0, 0.05) is 43.9 Å². The lowest BCUT2D eigenvalue weighted by molar-refractivity contribution is -0.160. The molecule has 0 saturated heterocycles. The van der Waals surface area contributed by atoms with Crippen LogP contribution in [0.4, 0.5) is 0 Å². The van der Waals surface area contributed by atoms with Crippen LogP contribution in [0.25, 0.3) is 0 Å². The number of rotatable bonds is 6. The monoisotopic (exact) mass is 694 g/mol. The maximum absolute atomic E-state index is 13.3. The molecule has 272 valence electrons. The summed E-state index contributed by atoms with van der Waals surface area (Å²) < 4.78 is 17.1. The third kappa shape index (κ3) is 11.8. The average Bonchev–Trinajstić information content (AvgIpc) is 3.08. The molecule has 5 unspecified atom stereocenters. The first-order chi connectivity index (χ1) is 23.8. The molecule has 0 aromatic carbocycles. The van der Waals surface area contributed by atoms with Gasteiger partial charge in [-0.3, -0.25) is 24.0 Å². The number of nitrogens with one attached hydrogen (secondary N) is 2. The fourth-order valence-electron chi connectivity index (χ4n) is 6.16. The van der Waals surface area contributed by atoms with Crippen LogP contribution in [-0.2, 0) is 43.0 Å². The topological polar surface area (TPSA) is 174 Å². The van der Waals surface area contributed by atoms with E-state index in [1.807, 2.05) is 6.08 Å². The second-order valence-corrected chi connectivity index (χ2v) is 13.0. The van der Waals surface area contributed by atoms with E-state index >= 15 is 0 Å². The number of methoxy groups -OCH3 is 1. The number of hydrogen-bond acceptors (Lipinski definition) is 10. The average molecular weight is 695 g/mol. The molecular weight excluding hydrogens is 644 g/mol. The summed E-state index contributed by atoms with van der Waals surface area (Å²) in [6, 6.07) is -0.898. The van der Waals surface area contributed by atoms with Crippen molar-refractivity contribution in [2.45, 2.75) is 110 Å². The van der Waals surface area contributed by atoms with Crippen molar-refractivity contribution >= 4 is 35.3 Å². The molecule has 50 heavy (non-hydrogen) atoms. The Morgan fingerprint density at radius 1 is 1.02 bits per heavy atom. The van der Waals surface area contributed by atoms with E-state index in [0.717, 1.165) is 38.2 Å². The number of aliphatic hydroxyl groups is 1. The number of allylic oxidation sites excluding steroid dienone is 7. The van der Waals surface area contributed by atoms with Gasteiger partial charge < -0.3 is 30.0 Å². The second-order valence-electron chi connectivity index (χ2n) is 13.0. The third-order valence-corrected chi connectivity index (χ3v) is 9.06. The number of amides is 2. The summed E-state index contributed by atoms with van der Waals surface area (Å²) in [5, 5.41) is 16.2. The molecule has 1 saturated carbocycles. The highest BCUT2D eigenvalue weighted by molar-refractivity contribution is 6.48. The molecule has 3 rings (SSSR count). The normalized spacial score (nSPS) is 28.4. The number of carbonyl (C=O) groups excluding carboxylic acids is 6. The van der Waals surface area contributed by atoms with E-state index in [0.29, 0.717) is 5.57 Å². The highest BCUT2D eigenvalue weighted by Gasteiger charge is 2.34. The summed E-state index contributed by atoms with van der Waals surface area (Å²) in [7, 11) is 1.44. The van der Waals surface area contributed by atoms with Crippen molar-refractivity contribution in [2.75, 3.05) is 7.11 Å². The van der Waals surface area contributed by atoms with Crippen molar-refractivity contribution in [1.29, 1.82) is 0 Å². The van der Waals surface area contributed by atoms with Gasteiger partial charge in [0.1, 0.15) is 24.0 Å². The molecule has 1 aliphatic heterocycles. The number of fused-ring (bicyclic) bond motifs is 1. The van der Waals surface area contributed by atoms with Gasteiger partial charge in [-0.05, 0) is 45.1 Å². The van der Waals surface area contributed by atoms with Crippen LogP contribution in [0.3, 0.4) is 0 Å². The molecule has 3 aliphatic rings. The molecule has 0 aromatic rings. The summed E-state index contributed by atoms with van der Waals surface area (Å²) in [6.07, 6.45) is 15.7. The molecule has 5 atom stereocenters. The van der Waals surface area contributed by atoms with Crippen molar-refractivity contribution in [2.24, 2.45) is 11.8 Å². The van der Waals surface area contributed by atoms with Gasteiger partial charge in [0.25, 0.3) is 0 Å². The largest absolute Gasteiger partial charge is 0.505 e. The van der Waals surface area contributed by atoms with Crippen molar-refractivity contribution in [3.05, 3.63) is 71.2 Å². The first-order valence-corrected chi connectivity index (χ1v) is 17.2. The van der Waals surface area contributed by atoms with Crippen LogP contribution in [0.5, 0.6) is 0 Å². The van der Waals surface area contributed by atoms with Gasteiger partial charge in [-0.1, -0.05) is 68.7 Å². The predicted octanol–water partition coefficient (Wildman–Crippen LogP) is 4.72. The lowest BCUT2D eigenvalue weighted by Gasteiger charge is -2.31. The van der Waals surface area contributed by atoms with Crippen molar-refractivity contribution in [3.8, 4) is 0 Å². The Morgan fingerprint density at radius 2 is 1.72 bits per heavy atom. The van der Waals surface area contributed by atoms with Crippen LogP contribution in [0.15, 0.2) is 71.2 Å². The minimum Gasteiger partial charge on any atom is -0.505 e. The zero-order valence-corrected chi connectivity index (χ0v) is 29.6. The smallest absolute Gasteiger partial charge is 0.328 e. The minimum atomic E-state index is -0.898. The number of ketones is 2. The quantitative estimate of drug-likeness (QED) is 0.153. The van der Waals surface area contributed by atoms with E-state index in [1.165, 1.54) is 14.0 Å². The summed E-state index contributed by atoms with van der Waals surface area (Å²) >= 11 is 0. The Balaban J connectivity index is 1.93. The number of hydrogen-bond donors (Lipinski definition) is 3. The van der Waals surface area contributed by atoms with Crippen LogP contribution >= 0.6 is 0 Å². The number of aliphatic hydroxyl groups excluding tert-OH is 1. The Kier molecular flexibility index (Phi) is 15.6. The molecule has 0 aromatic heterocycles.